The number of aryl methyl sites for hydroxylation is 1. The van der Waals surface area contributed by atoms with Gasteiger partial charge in [-0.05, 0) is 49.6 Å². The summed E-state index contributed by atoms with van der Waals surface area (Å²) in [5.41, 5.74) is 4.26. The molecule has 2 aromatic carbocycles. The molecule has 0 radical (unpaired) electrons. The predicted molar refractivity (Wildman–Crippen MR) is 180 cm³/mol. The number of para-hydroxylation sites is 1. The zero-order chi connectivity index (χ0) is 33.1. The summed E-state index contributed by atoms with van der Waals surface area (Å²) >= 11 is 0. The largest absolute Gasteiger partial charge is 0.365 e. The van der Waals surface area contributed by atoms with Gasteiger partial charge in [-0.2, -0.15) is 5.10 Å². The molecule has 1 unspecified atom stereocenters. The molecule has 9 rings (SSSR count). The molecule has 3 aliphatic heterocycles. The number of imidazole rings is 1. The van der Waals surface area contributed by atoms with E-state index in [1.807, 2.05) is 46.5 Å². The van der Waals surface area contributed by atoms with E-state index in [2.05, 4.69) is 41.3 Å². The van der Waals surface area contributed by atoms with E-state index in [1.54, 1.807) is 6.20 Å². The molecule has 6 aromatic rings. The molecule has 248 valence electrons. The van der Waals surface area contributed by atoms with Gasteiger partial charge in [-0.25, -0.2) is 33.4 Å². The van der Waals surface area contributed by atoms with Crippen LogP contribution in [-0.4, -0.2) is 89.4 Å². The first-order valence-electron chi connectivity index (χ1n) is 16.6. The van der Waals surface area contributed by atoms with E-state index in [0.717, 1.165) is 60.8 Å². The SMILES string of the molecule is O=C1[C@@H]2C[C@@H](CN2c2ncnc3c2cnn3-c2ccc(F)cc2F)Nc2cccc(n2)-c2cccc3ncn(c23)CCCC2CNCCN12. The molecule has 0 aliphatic carbocycles. The lowest BCUT2D eigenvalue weighted by atomic mass is 10.0. The zero-order valence-corrected chi connectivity index (χ0v) is 26.5. The second-order valence-electron chi connectivity index (χ2n) is 12.9. The van der Waals surface area contributed by atoms with Crippen LogP contribution < -0.4 is 15.5 Å². The number of carbonyl (C=O) groups is 1. The topological polar surface area (TPSA) is 122 Å². The lowest BCUT2D eigenvalue weighted by Crippen LogP contribution is -2.58. The first-order chi connectivity index (χ1) is 24.0. The number of nitrogens with zero attached hydrogens (tertiary/aromatic N) is 9. The number of hydrogen-bond donors (Lipinski definition) is 2. The maximum absolute atomic E-state index is 14.9. The first kappa shape index (κ1) is 29.6. The molecule has 12 nitrogen and oxygen atoms in total. The molecular weight excluding hydrogens is 628 g/mol. The van der Waals surface area contributed by atoms with Crippen molar-refractivity contribution in [2.24, 2.45) is 0 Å². The quantitative estimate of drug-likeness (QED) is 0.282. The van der Waals surface area contributed by atoms with Gasteiger partial charge < -0.3 is 25.0 Å². The van der Waals surface area contributed by atoms with Crippen LogP contribution in [0.5, 0.6) is 0 Å². The Morgan fingerprint density at radius 1 is 0.959 bits per heavy atom. The van der Waals surface area contributed by atoms with Gasteiger partial charge in [-0.3, -0.25) is 4.79 Å². The third kappa shape index (κ3) is 5.14. The van der Waals surface area contributed by atoms with Gasteiger partial charge in [0.15, 0.2) is 11.5 Å². The van der Waals surface area contributed by atoms with Crippen LogP contribution >= 0.6 is 0 Å². The van der Waals surface area contributed by atoms with Gasteiger partial charge in [0.05, 0.1) is 34.6 Å². The van der Waals surface area contributed by atoms with Crippen LogP contribution in [0.2, 0.25) is 0 Å². The number of hydrogen-bond acceptors (Lipinski definition) is 9. The maximum atomic E-state index is 14.9. The average molecular weight is 662 g/mol. The summed E-state index contributed by atoms with van der Waals surface area (Å²) in [5, 5.41) is 12.1. The number of nitrogens with one attached hydrogen (secondary N) is 2. The van der Waals surface area contributed by atoms with Gasteiger partial charge in [0, 0.05) is 56.4 Å². The number of halogens is 2. The number of benzene rings is 2. The third-order valence-corrected chi connectivity index (χ3v) is 9.93. The van der Waals surface area contributed by atoms with Crippen molar-refractivity contribution in [1.29, 1.82) is 0 Å². The molecule has 4 bridgehead atoms. The summed E-state index contributed by atoms with van der Waals surface area (Å²) in [6.07, 6.45) is 7.10. The van der Waals surface area contributed by atoms with Gasteiger partial charge in [0.25, 0.3) is 0 Å². The minimum atomic E-state index is -0.757. The van der Waals surface area contributed by atoms with Gasteiger partial charge >= 0.3 is 0 Å². The van der Waals surface area contributed by atoms with Gasteiger partial charge in [-0.15, -0.1) is 0 Å². The Hall–Kier alpha value is -5.50. The normalized spacial score (nSPS) is 21.3. The molecule has 3 aliphatic rings. The number of rotatable bonds is 2. The van der Waals surface area contributed by atoms with Gasteiger partial charge in [0.1, 0.15) is 35.5 Å². The highest BCUT2D eigenvalue weighted by molar-refractivity contribution is 5.93. The van der Waals surface area contributed by atoms with Crippen molar-refractivity contribution in [3.63, 3.8) is 0 Å². The number of amides is 1. The lowest BCUT2D eigenvalue weighted by molar-refractivity contribution is -0.135. The Morgan fingerprint density at radius 3 is 2.80 bits per heavy atom. The molecule has 2 saturated heterocycles. The molecule has 2 N–H and O–H groups in total. The predicted octanol–water partition coefficient (Wildman–Crippen LogP) is 4.16. The fourth-order valence-electron chi connectivity index (χ4n) is 7.67. The standard InChI is InChI=1S/C35H33F2N11O/c36-21-9-10-29(26(37)14-21)48-34-25(17-42-48)33(39-19-40-34)47-18-22-15-30(47)35(49)46-13-11-38-16-23(46)4-3-12-45-20-41-28-7-1-5-24(32(28)45)27-6-2-8-31(43-22)44-27/h1-2,5-10,14,17,19-20,22-23,30,38H,3-4,11-13,15-16,18H2,(H,43,44)/t22-,23?,30-/m0/s1. The molecule has 3 atom stereocenters. The molecular formula is C35H33F2N11O. The Bertz CT molecular complexity index is 2220. The monoisotopic (exact) mass is 661 g/mol. The van der Waals surface area contributed by atoms with Crippen LogP contribution in [0, 0.1) is 11.6 Å². The van der Waals surface area contributed by atoms with Crippen LogP contribution in [0.25, 0.3) is 39.0 Å². The second kappa shape index (κ2) is 11.9. The fourth-order valence-corrected chi connectivity index (χ4v) is 7.67. The highest BCUT2D eigenvalue weighted by Crippen LogP contribution is 2.34. The van der Waals surface area contributed by atoms with Crippen LogP contribution in [0.3, 0.4) is 0 Å². The molecule has 1 amide bonds. The third-order valence-electron chi connectivity index (χ3n) is 9.93. The fraction of sp³-hybridized carbons (Fsp3) is 0.314. The van der Waals surface area contributed by atoms with E-state index >= 15 is 0 Å². The number of aromatic nitrogens is 7. The molecule has 0 spiro atoms. The van der Waals surface area contributed by atoms with Crippen molar-refractivity contribution in [3.05, 3.63) is 85.1 Å². The minimum Gasteiger partial charge on any atom is -0.365 e. The number of fused-ring (bicyclic) bond motifs is 7. The number of pyridine rings is 1. The average Bonchev–Trinajstić information content (AvgIpc) is 3.85. The van der Waals surface area contributed by atoms with E-state index < -0.39 is 17.7 Å². The van der Waals surface area contributed by atoms with Crippen LogP contribution in [0.1, 0.15) is 19.3 Å². The zero-order valence-electron chi connectivity index (χ0n) is 26.5. The van der Waals surface area contributed by atoms with Crippen molar-refractivity contribution in [2.45, 2.75) is 43.9 Å². The van der Waals surface area contributed by atoms with Crippen molar-refractivity contribution >= 4 is 39.6 Å². The Balaban J connectivity index is 1.13. The van der Waals surface area contributed by atoms with Crippen molar-refractivity contribution in [3.8, 4) is 16.9 Å². The first-order valence-corrected chi connectivity index (χ1v) is 16.6. The molecule has 4 aromatic heterocycles. The van der Waals surface area contributed by atoms with E-state index in [4.69, 9.17) is 4.98 Å². The number of piperazine rings is 1. The minimum absolute atomic E-state index is 0.0290. The van der Waals surface area contributed by atoms with Crippen LogP contribution in [-0.2, 0) is 11.3 Å². The summed E-state index contributed by atoms with van der Waals surface area (Å²) in [7, 11) is 0. The van der Waals surface area contributed by atoms with Crippen LogP contribution in [0.4, 0.5) is 20.4 Å². The summed E-state index contributed by atoms with van der Waals surface area (Å²) in [6.45, 7) is 3.27. The smallest absolute Gasteiger partial charge is 0.245 e. The highest BCUT2D eigenvalue weighted by Gasteiger charge is 2.42. The molecule has 0 saturated carbocycles. The Morgan fingerprint density at radius 2 is 1.88 bits per heavy atom. The van der Waals surface area contributed by atoms with Gasteiger partial charge in [-0.1, -0.05) is 18.2 Å². The molecule has 14 heteroatoms. The number of anilines is 2. The summed E-state index contributed by atoms with van der Waals surface area (Å²) in [4.78, 5) is 37.5. The van der Waals surface area contributed by atoms with E-state index in [9.17, 15) is 13.6 Å². The summed E-state index contributed by atoms with van der Waals surface area (Å²) in [5.74, 6) is -0.151. The highest BCUT2D eigenvalue weighted by atomic mass is 19.1. The summed E-state index contributed by atoms with van der Waals surface area (Å²) < 4.78 is 32.1. The van der Waals surface area contributed by atoms with Crippen LogP contribution in [0.15, 0.2) is 73.4 Å². The Labute approximate surface area is 279 Å². The molecule has 7 heterocycles. The van der Waals surface area contributed by atoms with E-state index in [0.29, 0.717) is 42.2 Å². The van der Waals surface area contributed by atoms with Crippen molar-refractivity contribution in [1.82, 2.24) is 44.5 Å². The lowest BCUT2D eigenvalue weighted by Gasteiger charge is -2.39. The second-order valence-corrected chi connectivity index (χ2v) is 12.9. The maximum Gasteiger partial charge on any atom is 0.245 e. The van der Waals surface area contributed by atoms with Crippen molar-refractivity contribution in [2.75, 3.05) is 36.4 Å². The van der Waals surface area contributed by atoms with E-state index in [-0.39, 0.29) is 23.7 Å². The molecule has 2 fully saturated rings. The van der Waals surface area contributed by atoms with Gasteiger partial charge in [0.2, 0.25) is 5.91 Å². The molecule has 49 heavy (non-hydrogen) atoms. The van der Waals surface area contributed by atoms with E-state index in [1.165, 1.54) is 23.1 Å². The van der Waals surface area contributed by atoms with Crippen molar-refractivity contribution < 1.29 is 13.6 Å². The Kier molecular flexibility index (Phi) is 7.18. The number of carbonyl (C=O) groups excluding carboxylic acids is 1. The summed E-state index contributed by atoms with van der Waals surface area (Å²) in [6, 6.07) is 14.8.